The van der Waals surface area contributed by atoms with Gasteiger partial charge in [0.25, 0.3) is 0 Å². The van der Waals surface area contributed by atoms with E-state index >= 15 is 0 Å². The molecule has 62 valence electrons. The number of nitrogens with zero attached hydrogens (tertiary/aromatic N) is 1. The molecule has 0 fully saturated rings. The van der Waals surface area contributed by atoms with Crippen LogP contribution in [0.25, 0.3) is 0 Å². The van der Waals surface area contributed by atoms with Gasteiger partial charge in [0.2, 0.25) is 6.54 Å². The number of hydrogen-bond acceptors (Lipinski definition) is 2. The molecule has 1 aliphatic rings. The monoisotopic (exact) mass is 155 g/mol. The smallest absolute Gasteiger partial charge is 0.210 e. The summed E-state index contributed by atoms with van der Waals surface area (Å²) in [6.07, 6.45) is 8.46. The summed E-state index contributed by atoms with van der Waals surface area (Å²) in [4.78, 5) is 9.93. The van der Waals surface area contributed by atoms with Crippen molar-refractivity contribution in [3.63, 3.8) is 0 Å². The van der Waals surface area contributed by atoms with Crippen molar-refractivity contribution in [1.82, 2.24) is 0 Å². The summed E-state index contributed by atoms with van der Waals surface area (Å²) in [5, 5.41) is 10.2. The summed E-state index contributed by atoms with van der Waals surface area (Å²) < 4.78 is 0. The van der Waals surface area contributed by atoms with Gasteiger partial charge in [-0.3, -0.25) is 10.1 Å². The zero-order valence-corrected chi connectivity index (χ0v) is 6.53. The molecule has 0 aliphatic heterocycles. The molecule has 0 spiro atoms. The molecular weight excluding hydrogens is 142 g/mol. The van der Waals surface area contributed by atoms with Gasteiger partial charge in [-0.2, -0.15) is 0 Å². The summed E-state index contributed by atoms with van der Waals surface area (Å²) in [6, 6.07) is 0. The molecule has 1 atom stereocenters. The largest absolute Gasteiger partial charge is 0.265 e. The van der Waals surface area contributed by atoms with Gasteiger partial charge in [-0.25, -0.2) is 0 Å². The lowest BCUT2D eigenvalue weighted by atomic mass is 10.0. The molecule has 1 aliphatic carbocycles. The van der Waals surface area contributed by atoms with Crippen LogP contribution in [0.3, 0.4) is 0 Å². The predicted molar refractivity (Wildman–Crippen MR) is 43.0 cm³/mol. The van der Waals surface area contributed by atoms with Gasteiger partial charge < -0.3 is 0 Å². The molecule has 1 rings (SSSR count). The van der Waals surface area contributed by atoms with E-state index in [1.165, 1.54) is 6.42 Å². The van der Waals surface area contributed by atoms with Crippen molar-refractivity contribution in [2.24, 2.45) is 5.92 Å². The van der Waals surface area contributed by atoms with E-state index in [2.05, 4.69) is 6.08 Å². The maximum atomic E-state index is 10.2. The van der Waals surface area contributed by atoms with E-state index in [1.54, 1.807) is 0 Å². The fraction of sp³-hybridized carbons (Fsp3) is 0.750. The van der Waals surface area contributed by atoms with Crippen molar-refractivity contribution >= 4 is 0 Å². The number of rotatable bonds is 2. The van der Waals surface area contributed by atoms with Crippen LogP contribution in [-0.4, -0.2) is 11.5 Å². The third-order valence-corrected chi connectivity index (χ3v) is 1.99. The molecule has 0 heterocycles. The summed E-state index contributed by atoms with van der Waals surface area (Å²) in [5.41, 5.74) is 0. The molecule has 0 amide bonds. The van der Waals surface area contributed by atoms with Gasteiger partial charge in [0.05, 0.1) is 0 Å². The predicted octanol–water partition coefficient (Wildman–Crippen LogP) is 2.01. The van der Waals surface area contributed by atoms with Crippen molar-refractivity contribution in [1.29, 1.82) is 0 Å². The second-order valence-corrected chi connectivity index (χ2v) is 2.99. The lowest BCUT2D eigenvalue weighted by Gasteiger charge is -2.03. The van der Waals surface area contributed by atoms with Crippen LogP contribution in [0.15, 0.2) is 12.2 Å². The Hall–Kier alpha value is -0.860. The highest BCUT2D eigenvalue weighted by molar-refractivity contribution is 4.90. The maximum Gasteiger partial charge on any atom is 0.210 e. The van der Waals surface area contributed by atoms with E-state index in [0.717, 1.165) is 19.3 Å². The molecule has 0 aromatic rings. The maximum absolute atomic E-state index is 10.2. The molecule has 0 bridgehead atoms. The van der Waals surface area contributed by atoms with Gasteiger partial charge in [-0.15, -0.1) is 0 Å². The van der Waals surface area contributed by atoms with Gasteiger partial charge in [0, 0.05) is 10.8 Å². The minimum Gasteiger partial charge on any atom is -0.265 e. The zero-order chi connectivity index (χ0) is 8.10. The molecule has 0 aromatic carbocycles. The minimum absolute atomic E-state index is 0.108. The van der Waals surface area contributed by atoms with Gasteiger partial charge >= 0.3 is 0 Å². The lowest BCUT2D eigenvalue weighted by Crippen LogP contribution is -2.11. The van der Waals surface area contributed by atoms with Crippen LogP contribution in [0.2, 0.25) is 0 Å². The van der Waals surface area contributed by atoms with E-state index < -0.39 is 0 Å². The third-order valence-electron chi connectivity index (χ3n) is 1.99. The quantitative estimate of drug-likeness (QED) is 0.348. The molecule has 0 aromatic heterocycles. The Morgan fingerprint density at radius 1 is 1.55 bits per heavy atom. The van der Waals surface area contributed by atoms with E-state index in [4.69, 9.17) is 0 Å². The van der Waals surface area contributed by atoms with Crippen LogP contribution >= 0.6 is 0 Å². The Labute approximate surface area is 66.3 Å². The molecule has 0 saturated carbocycles. The highest BCUT2D eigenvalue weighted by Gasteiger charge is 2.12. The van der Waals surface area contributed by atoms with Crippen molar-refractivity contribution in [3.8, 4) is 0 Å². The summed E-state index contributed by atoms with van der Waals surface area (Å²) >= 11 is 0. The number of allylic oxidation sites excluding steroid dienone is 1. The van der Waals surface area contributed by atoms with Crippen LogP contribution in [0, 0.1) is 16.0 Å². The first-order valence-corrected chi connectivity index (χ1v) is 4.07. The first-order valence-electron chi connectivity index (χ1n) is 4.07. The molecule has 11 heavy (non-hydrogen) atoms. The molecule has 3 heteroatoms. The van der Waals surface area contributed by atoms with Gasteiger partial charge in [0.1, 0.15) is 0 Å². The second kappa shape index (κ2) is 4.11. The normalized spacial score (nSPS) is 24.5. The Morgan fingerprint density at radius 2 is 2.36 bits per heavy atom. The van der Waals surface area contributed by atoms with Crippen LogP contribution in [0.5, 0.6) is 0 Å². The molecule has 0 N–H and O–H groups in total. The third kappa shape index (κ3) is 3.16. The van der Waals surface area contributed by atoms with E-state index in [1.807, 2.05) is 6.08 Å². The average molecular weight is 155 g/mol. The number of nitro groups is 1. The molecule has 1 unspecified atom stereocenters. The highest BCUT2D eigenvalue weighted by Crippen LogP contribution is 2.16. The van der Waals surface area contributed by atoms with Crippen LogP contribution in [-0.2, 0) is 0 Å². The van der Waals surface area contributed by atoms with Crippen LogP contribution in [0.1, 0.15) is 25.7 Å². The lowest BCUT2D eigenvalue weighted by molar-refractivity contribution is -0.486. The minimum atomic E-state index is -0.222. The van der Waals surface area contributed by atoms with Crippen molar-refractivity contribution in [3.05, 3.63) is 22.3 Å². The van der Waals surface area contributed by atoms with Crippen molar-refractivity contribution < 1.29 is 4.92 Å². The fourth-order valence-electron chi connectivity index (χ4n) is 1.40. The highest BCUT2D eigenvalue weighted by atomic mass is 16.6. The van der Waals surface area contributed by atoms with Crippen LogP contribution < -0.4 is 0 Å². The van der Waals surface area contributed by atoms with Crippen molar-refractivity contribution in [2.75, 3.05) is 6.54 Å². The fourth-order valence-corrected chi connectivity index (χ4v) is 1.40. The van der Waals surface area contributed by atoms with E-state index in [-0.39, 0.29) is 17.4 Å². The standard InChI is InChI=1S/C8H13NO2/c10-9(11)7-8-5-3-1-2-4-6-8/h3,5,8H,1-2,4,6-7H2. The topological polar surface area (TPSA) is 43.1 Å². The molecule has 3 nitrogen and oxygen atoms in total. The molecule has 0 saturated heterocycles. The summed E-state index contributed by atoms with van der Waals surface area (Å²) in [5.74, 6) is 0.187. The van der Waals surface area contributed by atoms with Crippen LogP contribution in [0.4, 0.5) is 0 Å². The first-order chi connectivity index (χ1) is 5.29. The van der Waals surface area contributed by atoms with E-state index in [9.17, 15) is 10.1 Å². The van der Waals surface area contributed by atoms with Crippen molar-refractivity contribution in [2.45, 2.75) is 25.7 Å². The van der Waals surface area contributed by atoms with Gasteiger partial charge in [-0.05, 0) is 19.3 Å². The second-order valence-electron chi connectivity index (χ2n) is 2.99. The Morgan fingerprint density at radius 3 is 3.09 bits per heavy atom. The average Bonchev–Trinajstić information content (AvgIpc) is 2.14. The Balaban J connectivity index is 2.36. The summed E-state index contributed by atoms with van der Waals surface area (Å²) in [7, 11) is 0. The molecule has 0 radical (unpaired) electrons. The number of hydrogen-bond donors (Lipinski definition) is 0. The summed E-state index contributed by atoms with van der Waals surface area (Å²) in [6.45, 7) is 0.108. The first kappa shape index (κ1) is 8.24. The Bertz CT molecular complexity index is 165. The molecular formula is C8H13NO2. The SMILES string of the molecule is O=[N+]([O-])CC1C=CCCCC1. The van der Waals surface area contributed by atoms with E-state index in [0.29, 0.717) is 0 Å². The Kier molecular flexibility index (Phi) is 3.08. The van der Waals surface area contributed by atoms with Gasteiger partial charge in [-0.1, -0.05) is 18.6 Å². The zero-order valence-electron chi connectivity index (χ0n) is 6.53. The van der Waals surface area contributed by atoms with Gasteiger partial charge in [0.15, 0.2) is 0 Å².